The lowest BCUT2D eigenvalue weighted by molar-refractivity contribution is 0.198. The van der Waals surface area contributed by atoms with Crippen LogP contribution in [-0.2, 0) is 13.0 Å². The van der Waals surface area contributed by atoms with Gasteiger partial charge in [-0.2, -0.15) is 0 Å². The molecule has 29 heavy (non-hydrogen) atoms. The van der Waals surface area contributed by atoms with Gasteiger partial charge in [-0.3, -0.25) is 14.9 Å². The number of hydrogen-bond acceptors (Lipinski definition) is 3. The molecule has 3 rings (SSSR count). The van der Waals surface area contributed by atoms with Crippen LogP contribution in [0.3, 0.4) is 0 Å². The molecule has 1 aliphatic rings. The molecule has 1 aromatic heterocycles. The van der Waals surface area contributed by atoms with Gasteiger partial charge in [-0.05, 0) is 55.5 Å². The van der Waals surface area contributed by atoms with Crippen molar-refractivity contribution < 1.29 is 0 Å². The minimum Gasteiger partial charge on any atom is -0.356 e. The van der Waals surface area contributed by atoms with Crippen LogP contribution in [0.15, 0.2) is 47.6 Å². The van der Waals surface area contributed by atoms with Crippen molar-refractivity contribution in [1.82, 2.24) is 20.5 Å². The summed E-state index contributed by atoms with van der Waals surface area (Å²) >= 11 is 5.97. The summed E-state index contributed by atoms with van der Waals surface area (Å²) in [5.74, 6) is 0.885. The molecule has 1 aliphatic heterocycles. The molecule has 2 aromatic rings. The number of hydrogen-bond donors (Lipinski definition) is 2. The average Bonchev–Trinajstić information content (AvgIpc) is 2.72. The van der Waals surface area contributed by atoms with E-state index in [1.165, 1.54) is 11.1 Å². The van der Waals surface area contributed by atoms with Gasteiger partial charge < -0.3 is 10.6 Å². The molecule has 0 saturated carbocycles. The Hall–Kier alpha value is -1.38. The molecular formula is C22H31ClIN5. The minimum absolute atomic E-state index is 0. The zero-order valence-electron chi connectivity index (χ0n) is 17.2. The first-order valence-electron chi connectivity index (χ1n) is 9.98. The second-order valence-electron chi connectivity index (χ2n) is 7.38. The monoisotopic (exact) mass is 527 g/mol. The summed E-state index contributed by atoms with van der Waals surface area (Å²) in [5, 5.41) is 7.79. The molecule has 0 radical (unpaired) electrons. The number of aryl methyl sites for hydroxylation is 1. The highest BCUT2D eigenvalue weighted by Gasteiger charge is 2.20. The van der Waals surface area contributed by atoms with E-state index in [1.54, 1.807) is 0 Å². The van der Waals surface area contributed by atoms with Crippen LogP contribution in [0.25, 0.3) is 0 Å². The topological polar surface area (TPSA) is 52.6 Å². The summed E-state index contributed by atoms with van der Waals surface area (Å²) in [6.07, 6.45) is 5.13. The Labute approximate surface area is 196 Å². The smallest absolute Gasteiger partial charge is 0.191 e. The molecule has 1 fully saturated rings. The second kappa shape index (κ2) is 12.3. The lowest BCUT2D eigenvalue weighted by atomic mass is 10.0. The van der Waals surface area contributed by atoms with E-state index in [1.807, 2.05) is 32.3 Å². The van der Waals surface area contributed by atoms with Crippen LogP contribution in [0.1, 0.15) is 29.7 Å². The van der Waals surface area contributed by atoms with Gasteiger partial charge in [-0.15, -0.1) is 24.0 Å². The molecule has 0 spiro atoms. The van der Waals surface area contributed by atoms with Crippen LogP contribution in [0.2, 0.25) is 5.02 Å². The van der Waals surface area contributed by atoms with E-state index in [4.69, 9.17) is 11.6 Å². The minimum atomic E-state index is 0. The fraction of sp³-hybridized carbons (Fsp3) is 0.455. The fourth-order valence-electron chi connectivity index (χ4n) is 3.44. The SMILES string of the molecule is CN=C(NCCc1ccc(C)nc1)NC1CCN(Cc2ccc(Cl)cc2)CC1.I. The Morgan fingerprint density at radius 1 is 1.14 bits per heavy atom. The van der Waals surface area contributed by atoms with Crippen LogP contribution in [0.5, 0.6) is 0 Å². The van der Waals surface area contributed by atoms with Gasteiger partial charge in [0.25, 0.3) is 0 Å². The largest absolute Gasteiger partial charge is 0.356 e. The first-order valence-corrected chi connectivity index (χ1v) is 10.4. The second-order valence-corrected chi connectivity index (χ2v) is 7.81. The van der Waals surface area contributed by atoms with E-state index in [2.05, 4.69) is 49.8 Å². The van der Waals surface area contributed by atoms with Gasteiger partial charge in [-0.25, -0.2) is 0 Å². The lowest BCUT2D eigenvalue weighted by Crippen LogP contribution is -2.48. The number of pyridine rings is 1. The predicted molar refractivity (Wildman–Crippen MR) is 132 cm³/mol. The molecule has 2 N–H and O–H groups in total. The van der Waals surface area contributed by atoms with Crippen LogP contribution in [-0.4, -0.2) is 48.6 Å². The molecule has 0 atom stereocenters. The molecule has 2 heterocycles. The molecule has 0 bridgehead atoms. The van der Waals surface area contributed by atoms with E-state index in [0.717, 1.165) is 62.1 Å². The van der Waals surface area contributed by atoms with Gasteiger partial charge in [0.2, 0.25) is 0 Å². The highest BCUT2D eigenvalue weighted by molar-refractivity contribution is 14.0. The maximum atomic E-state index is 5.97. The normalized spacial score (nSPS) is 15.6. The number of guanidine groups is 1. The Kier molecular flexibility index (Phi) is 10.2. The van der Waals surface area contributed by atoms with Gasteiger partial charge in [-0.1, -0.05) is 29.8 Å². The summed E-state index contributed by atoms with van der Waals surface area (Å²) in [7, 11) is 1.83. The van der Waals surface area contributed by atoms with Crippen LogP contribution >= 0.6 is 35.6 Å². The first-order chi connectivity index (χ1) is 13.6. The van der Waals surface area contributed by atoms with Crippen molar-refractivity contribution in [2.45, 2.75) is 38.8 Å². The summed E-state index contributed by atoms with van der Waals surface area (Å²) in [6.45, 7) is 6.02. The number of rotatable bonds is 6. The quantitative estimate of drug-likeness (QED) is 0.338. The van der Waals surface area contributed by atoms with Crippen molar-refractivity contribution in [3.05, 3.63) is 64.4 Å². The van der Waals surface area contributed by atoms with Crippen LogP contribution in [0.4, 0.5) is 0 Å². The number of benzene rings is 1. The Balaban J connectivity index is 0.00000300. The Bertz CT molecular complexity index is 756. The fourth-order valence-corrected chi connectivity index (χ4v) is 3.57. The van der Waals surface area contributed by atoms with Gasteiger partial charge in [0, 0.05) is 56.2 Å². The third kappa shape index (κ3) is 8.10. The highest BCUT2D eigenvalue weighted by Crippen LogP contribution is 2.16. The molecule has 5 nitrogen and oxygen atoms in total. The van der Waals surface area contributed by atoms with Crippen molar-refractivity contribution >= 4 is 41.5 Å². The van der Waals surface area contributed by atoms with Gasteiger partial charge in [0.05, 0.1) is 0 Å². The summed E-state index contributed by atoms with van der Waals surface area (Å²) < 4.78 is 0. The summed E-state index contributed by atoms with van der Waals surface area (Å²) in [5.41, 5.74) is 3.61. The predicted octanol–water partition coefficient (Wildman–Crippen LogP) is 4.03. The van der Waals surface area contributed by atoms with Gasteiger partial charge in [0.15, 0.2) is 5.96 Å². The van der Waals surface area contributed by atoms with Crippen molar-refractivity contribution in [1.29, 1.82) is 0 Å². The Morgan fingerprint density at radius 2 is 1.83 bits per heavy atom. The number of aromatic nitrogens is 1. The van der Waals surface area contributed by atoms with Crippen molar-refractivity contribution in [3.8, 4) is 0 Å². The number of nitrogens with one attached hydrogen (secondary N) is 2. The third-order valence-corrected chi connectivity index (χ3v) is 5.40. The zero-order chi connectivity index (χ0) is 19.8. The van der Waals surface area contributed by atoms with E-state index >= 15 is 0 Å². The summed E-state index contributed by atoms with van der Waals surface area (Å²) in [4.78, 5) is 11.2. The van der Waals surface area contributed by atoms with Crippen molar-refractivity contribution in [2.24, 2.45) is 4.99 Å². The highest BCUT2D eigenvalue weighted by atomic mass is 127. The summed E-state index contributed by atoms with van der Waals surface area (Å²) in [6, 6.07) is 12.8. The van der Waals surface area contributed by atoms with Gasteiger partial charge in [0.1, 0.15) is 0 Å². The van der Waals surface area contributed by atoms with E-state index in [0.29, 0.717) is 6.04 Å². The van der Waals surface area contributed by atoms with Crippen molar-refractivity contribution in [2.75, 3.05) is 26.7 Å². The molecular weight excluding hydrogens is 497 g/mol. The van der Waals surface area contributed by atoms with E-state index in [-0.39, 0.29) is 24.0 Å². The maximum Gasteiger partial charge on any atom is 0.191 e. The average molecular weight is 528 g/mol. The van der Waals surface area contributed by atoms with Gasteiger partial charge >= 0.3 is 0 Å². The molecule has 0 unspecified atom stereocenters. The molecule has 0 amide bonds. The molecule has 1 aromatic carbocycles. The van der Waals surface area contributed by atoms with E-state index < -0.39 is 0 Å². The molecule has 0 aliphatic carbocycles. The molecule has 7 heteroatoms. The number of piperidine rings is 1. The van der Waals surface area contributed by atoms with Crippen molar-refractivity contribution in [3.63, 3.8) is 0 Å². The lowest BCUT2D eigenvalue weighted by Gasteiger charge is -2.33. The zero-order valence-corrected chi connectivity index (χ0v) is 20.3. The number of halogens is 2. The maximum absolute atomic E-state index is 5.97. The molecule has 158 valence electrons. The van der Waals surface area contributed by atoms with Crippen LogP contribution in [0, 0.1) is 6.92 Å². The standard InChI is InChI=1S/C22H30ClN5.HI/c1-17-3-4-18(15-26-17)9-12-25-22(24-2)27-21-10-13-28(14-11-21)16-19-5-7-20(23)8-6-19;/h3-8,15,21H,9-14,16H2,1-2H3,(H2,24,25,27);1H. The Morgan fingerprint density at radius 3 is 2.45 bits per heavy atom. The van der Waals surface area contributed by atoms with E-state index in [9.17, 15) is 0 Å². The number of likely N-dealkylation sites (tertiary alicyclic amines) is 1. The third-order valence-electron chi connectivity index (χ3n) is 5.15. The van der Waals surface area contributed by atoms with Crippen LogP contribution < -0.4 is 10.6 Å². The first kappa shape index (κ1) is 23.9. The number of nitrogens with zero attached hydrogens (tertiary/aromatic N) is 3. The number of aliphatic imine (C=N–C) groups is 1. The molecule has 1 saturated heterocycles.